The number of nitrogens with zero attached hydrogens (tertiary/aromatic N) is 2. The first-order valence-corrected chi connectivity index (χ1v) is 8.83. The topological polar surface area (TPSA) is 117 Å². The molecular formula is C14H17ClN4O4S. The van der Waals surface area contributed by atoms with Gasteiger partial charge in [-0.2, -0.15) is 0 Å². The monoisotopic (exact) mass is 372 g/mol. The van der Waals surface area contributed by atoms with Crippen LogP contribution in [0, 0.1) is 11.8 Å². The van der Waals surface area contributed by atoms with E-state index in [0.29, 0.717) is 32.1 Å². The van der Waals surface area contributed by atoms with Crippen LogP contribution in [0.5, 0.6) is 0 Å². The fraction of sp³-hybridized carbons (Fsp3) is 0.571. The number of amides is 3. The van der Waals surface area contributed by atoms with Crippen molar-refractivity contribution in [3.63, 3.8) is 0 Å². The molecule has 3 amide bonds. The molecule has 2 atom stereocenters. The van der Waals surface area contributed by atoms with E-state index in [4.69, 9.17) is 17.3 Å². The van der Waals surface area contributed by atoms with Gasteiger partial charge in [-0.3, -0.25) is 23.6 Å². The number of likely N-dealkylation sites (tertiary alicyclic amines) is 2. The number of primary amides is 1. The van der Waals surface area contributed by atoms with Gasteiger partial charge in [-0.05, 0) is 24.7 Å². The molecule has 2 fully saturated rings. The molecule has 2 saturated heterocycles. The van der Waals surface area contributed by atoms with Crippen molar-refractivity contribution < 1.29 is 14.4 Å². The maximum atomic E-state index is 12.6. The summed E-state index contributed by atoms with van der Waals surface area (Å²) in [5, 5.41) is -0.0821. The van der Waals surface area contributed by atoms with E-state index in [1.807, 2.05) is 0 Å². The summed E-state index contributed by atoms with van der Waals surface area (Å²) >= 11 is 6.81. The van der Waals surface area contributed by atoms with Crippen LogP contribution in [0.15, 0.2) is 4.79 Å². The van der Waals surface area contributed by atoms with Crippen molar-refractivity contribution in [2.45, 2.75) is 12.8 Å². The van der Waals surface area contributed by atoms with E-state index < -0.39 is 17.4 Å². The van der Waals surface area contributed by atoms with Crippen LogP contribution in [0.4, 0.5) is 0 Å². The molecular weight excluding hydrogens is 356 g/mol. The Morgan fingerprint density at radius 2 is 1.75 bits per heavy atom. The Kier molecular flexibility index (Phi) is 4.64. The second-order valence-electron chi connectivity index (χ2n) is 6.14. The van der Waals surface area contributed by atoms with Crippen LogP contribution in [0.3, 0.4) is 0 Å². The van der Waals surface area contributed by atoms with Crippen LogP contribution < -0.4 is 11.3 Å². The molecule has 0 saturated carbocycles. The lowest BCUT2D eigenvalue weighted by Gasteiger charge is -2.44. The molecule has 2 aliphatic rings. The highest BCUT2D eigenvalue weighted by molar-refractivity contribution is 7.08. The number of carbonyl (C=O) groups excluding carboxylic acids is 3. The Morgan fingerprint density at radius 1 is 1.12 bits per heavy atom. The summed E-state index contributed by atoms with van der Waals surface area (Å²) in [7, 11) is 0. The van der Waals surface area contributed by atoms with Gasteiger partial charge in [0.1, 0.15) is 9.90 Å². The maximum absolute atomic E-state index is 12.6. The fourth-order valence-electron chi connectivity index (χ4n) is 3.46. The van der Waals surface area contributed by atoms with Crippen molar-refractivity contribution in [1.29, 1.82) is 0 Å². The van der Waals surface area contributed by atoms with E-state index in [1.165, 1.54) is 4.90 Å². The highest BCUT2D eigenvalue weighted by Gasteiger charge is 2.38. The number of hydrogen-bond donors (Lipinski definition) is 2. The number of nitrogens with two attached hydrogens (primary N) is 1. The fourth-order valence-corrected chi connectivity index (χ4v) is 4.46. The maximum Gasteiger partial charge on any atom is 0.311 e. The normalized spacial score (nSPS) is 23.7. The zero-order valence-electron chi connectivity index (χ0n) is 12.8. The van der Waals surface area contributed by atoms with Gasteiger partial charge in [-0.25, -0.2) is 0 Å². The predicted molar refractivity (Wildman–Crippen MR) is 87.8 cm³/mol. The summed E-state index contributed by atoms with van der Waals surface area (Å²) in [6.07, 6.45) is 1.62. The molecule has 10 heteroatoms. The highest BCUT2D eigenvalue weighted by Crippen LogP contribution is 2.32. The average Bonchev–Trinajstić information content (AvgIpc) is 2.91. The molecule has 1 aromatic rings. The van der Waals surface area contributed by atoms with Crippen LogP contribution in [-0.4, -0.2) is 58.1 Å². The van der Waals surface area contributed by atoms with Crippen molar-refractivity contribution in [1.82, 2.24) is 14.2 Å². The summed E-state index contributed by atoms with van der Waals surface area (Å²) in [6, 6.07) is 0. The molecule has 3 rings (SSSR count). The summed E-state index contributed by atoms with van der Waals surface area (Å²) in [4.78, 5) is 50.1. The third-order valence-corrected chi connectivity index (χ3v) is 6.08. The summed E-state index contributed by atoms with van der Waals surface area (Å²) < 4.78 is 2.45. The molecule has 0 aromatic carbocycles. The first-order valence-electron chi connectivity index (χ1n) is 7.63. The van der Waals surface area contributed by atoms with Gasteiger partial charge in [0.25, 0.3) is 11.5 Å². The van der Waals surface area contributed by atoms with Crippen molar-refractivity contribution in [3.8, 4) is 0 Å². The number of aromatic nitrogens is 1. The number of halogens is 1. The number of carbonyl (C=O) groups is 3. The van der Waals surface area contributed by atoms with E-state index in [9.17, 15) is 19.2 Å². The van der Waals surface area contributed by atoms with Gasteiger partial charge in [0.15, 0.2) is 0 Å². The molecule has 0 aliphatic carbocycles. The van der Waals surface area contributed by atoms with Crippen LogP contribution in [0.25, 0.3) is 0 Å². The lowest BCUT2D eigenvalue weighted by Crippen LogP contribution is -2.54. The number of aromatic amines is 1. The second-order valence-corrected chi connectivity index (χ2v) is 7.33. The molecule has 0 spiro atoms. The minimum absolute atomic E-state index is 0.0821. The van der Waals surface area contributed by atoms with Gasteiger partial charge in [0.05, 0.1) is 0 Å². The summed E-state index contributed by atoms with van der Waals surface area (Å²) in [5.74, 6) is -1.41. The summed E-state index contributed by atoms with van der Waals surface area (Å²) in [5.41, 5.74) is 4.60. The van der Waals surface area contributed by atoms with Crippen LogP contribution in [0.2, 0.25) is 5.02 Å². The van der Waals surface area contributed by atoms with E-state index in [0.717, 1.165) is 24.4 Å². The van der Waals surface area contributed by atoms with E-state index in [2.05, 4.69) is 4.37 Å². The lowest BCUT2D eigenvalue weighted by atomic mass is 9.80. The van der Waals surface area contributed by atoms with Gasteiger partial charge in [-0.15, -0.1) is 0 Å². The van der Waals surface area contributed by atoms with Crippen molar-refractivity contribution in [2.75, 3.05) is 26.2 Å². The second kappa shape index (κ2) is 6.56. The van der Waals surface area contributed by atoms with E-state index in [1.54, 1.807) is 4.90 Å². The Bertz CT molecular complexity index is 745. The number of fused-ring (bicyclic) bond motifs is 1. The molecule has 2 unspecified atom stereocenters. The largest absolute Gasteiger partial charge is 0.361 e. The first-order chi connectivity index (χ1) is 11.4. The lowest BCUT2D eigenvalue weighted by molar-refractivity contribution is -0.146. The standard InChI is InChI=1S/C14H17ClN4O4S/c15-9-10(24-17-12(9)21)13(22)18-3-1-7-2-4-19(6-8(7)5-18)14(23)11(16)20/h7-8H,1-6H2,(H2,16,20)(H,17,21). The van der Waals surface area contributed by atoms with Crippen molar-refractivity contribution >= 4 is 40.9 Å². The van der Waals surface area contributed by atoms with Crippen molar-refractivity contribution in [2.24, 2.45) is 17.6 Å². The predicted octanol–water partition coefficient (Wildman–Crippen LogP) is -0.114. The van der Waals surface area contributed by atoms with Gasteiger partial charge in [-0.1, -0.05) is 23.1 Å². The number of nitrogens with one attached hydrogen (secondary N) is 1. The number of rotatable bonds is 1. The molecule has 3 heterocycles. The van der Waals surface area contributed by atoms with E-state index >= 15 is 0 Å². The van der Waals surface area contributed by atoms with Gasteiger partial charge in [0.2, 0.25) is 0 Å². The van der Waals surface area contributed by atoms with Gasteiger partial charge in [0, 0.05) is 26.2 Å². The Labute approximate surface area is 146 Å². The minimum Gasteiger partial charge on any atom is -0.361 e. The van der Waals surface area contributed by atoms with Crippen LogP contribution in [-0.2, 0) is 9.59 Å². The molecule has 1 aromatic heterocycles. The number of H-pyrrole nitrogens is 1. The van der Waals surface area contributed by atoms with Crippen molar-refractivity contribution in [3.05, 3.63) is 20.3 Å². The molecule has 130 valence electrons. The zero-order valence-corrected chi connectivity index (χ0v) is 14.4. The molecule has 8 nitrogen and oxygen atoms in total. The minimum atomic E-state index is -0.957. The number of piperidine rings is 2. The summed E-state index contributed by atoms with van der Waals surface area (Å²) in [6.45, 7) is 1.98. The molecule has 3 N–H and O–H groups in total. The molecule has 0 bridgehead atoms. The van der Waals surface area contributed by atoms with Crippen LogP contribution in [0.1, 0.15) is 22.5 Å². The molecule has 0 radical (unpaired) electrons. The smallest absolute Gasteiger partial charge is 0.311 e. The van der Waals surface area contributed by atoms with Gasteiger partial charge < -0.3 is 15.5 Å². The molecule has 2 aliphatic heterocycles. The van der Waals surface area contributed by atoms with Gasteiger partial charge >= 0.3 is 11.8 Å². The van der Waals surface area contributed by atoms with E-state index in [-0.39, 0.29) is 21.7 Å². The number of hydrogen-bond acceptors (Lipinski definition) is 5. The zero-order chi connectivity index (χ0) is 17.4. The third-order valence-electron chi connectivity index (χ3n) is 4.74. The first kappa shape index (κ1) is 17.0. The Balaban J connectivity index is 1.71. The quantitative estimate of drug-likeness (QED) is 0.668. The van der Waals surface area contributed by atoms with Crippen LogP contribution >= 0.6 is 23.1 Å². The average molecular weight is 373 g/mol. The Hall–Kier alpha value is -1.87. The Morgan fingerprint density at radius 3 is 2.33 bits per heavy atom. The highest BCUT2D eigenvalue weighted by atomic mass is 35.5. The SMILES string of the molecule is NC(=O)C(=O)N1CCC2CCN(C(=O)c3s[nH]c(=O)c3Cl)CC2C1. The third kappa shape index (κ3) is 3.05. The molecule has 24 heavy (non-hydrogen) atoms.